The average Bonchev–Trinajstić information content (AvgIpc) is 3.47. The highest BCUT2D eigenvalue weighted by Crippen LogP contribution is 2.33. The van der Waals surface area contributed by atoms with Crippen LogP contribution in [0.15, 0.2) is 18.3 Å². The van der Waals surface area contributed by atoms with Gasteiger partial charge in [-0.1, -0.05) is 13.8 Å². The van der Waals surface area contributed by atoms with Crippen molar-refractivity contribution in [1.29, 1.82) is 0 Å². The molecule has 0 saturated carbocycles. The second-order valence-corrected chi connectivity index (χ2v) is 9.26. The molecular weight excluding hydrogens is 464 g/mol. The van der Waals surface area contributed by atoms with E-state index in [1.807, 2.05) is 13.8 Å². The van der Waals surface area contributed by atoms with Crippen LogP contribution < -0.4 is 19.7 Å². The molecule has 3 aromatic rings. The molecule has 2 atom stereocenters. The van der Waals surface area contributed by atoms with Gasteiger partial charge >= 0.3 is 0 Å². The summed E-state index contributed by atoms with van der Waals surface area (Å²) in [5.41, 5.74) is 0.592. The summed E-state index contributed by atoms with van der Waals surface area (Å²) < 4.78 is 50.2. The third kappa shape index (κ3) is 4.69. The first-order valence-electron chi connectivity index (χ1n) is 11.5. The molecular formula is C22H29F2N7O2S. The van der Waals surface area contributed by atoms with Gasteiger partial charge < -0.3 is 15.4 Å². The van der Waals surface area contributed by atoms with Gasteiger partial charge in [0.25, 0.3) is 0 Å². The molecule has 3 aromatic heterocycles. The number of imidazole rings is 1. The topological polar surface area (TPSA) is 96.7 Å². The Morgan fingerprint density at radius 3 is 2.74 bits per heavy atom. The van der Waals surface area contributed by atoms with Crippen molar-refractivity contribution in [3.8, 4) is 17.1 Å². The summed E-state index contributed by atoms with van der Waals surface area (Å²) >= 11 is 0. The van der Waals surface area contributed by atoms with E-state index < -0.39 is 22.6 Å². The van der Waals surface area contributed by atoms with E-state index in [2.05, 4.69) is 25.7 Å². The monoisotopic (exact) mass is 493 g/mol. The van der Waals surface area contributed by atoms with Crippen LogP contribution in [0.1, 0.15) is 33.1 Å². The Balaban J connectivity index is 0.00000133. The van der Waals surface area contributed by atoms with Gasteiger partial charge in [0.05, 0.1) is 13.3 Å². The van der Waals surface area contributed by atoms with Crippen LogP contribution in [-0.2, 0) is 11.0 Å². The Morgan fingerprint density at radius 1 is 1.24 bits per heavy atom. The maximum atomic E-state index is 14.8. The van der Waals surface area contributed by atoms with Crippen molar-refractivity contribution in [2.75, 3.05) is 42.1 Å². The zero-order valence-electron chi connectivity index (χ0n) is 19.5. The second kappa shape index (κ2) is 10.6. The van der Waals surface area contributed by atoms with E-state index in [1.165, 1.54) is 17.8 Å². The number of nitrogens with zero attached hydrogens (tertiary/aromatic N) is 5. The molecule has 0 amide bonds. The van der Waals surface area contributed by atoms with E-state index in [-0.39, 0.29) is 23.2 Å². The van der Waals surface area contributed by atoms with Crippen molar-refractivity contribution >= 4 is 28.3 Å². The summed E-state index contributed by atoms with van der Waals surface area (Å²) in [6.07, 6.45) is 4.04. The van der Waals surface area contributed by atoms with Gasteiger partial charge in [0.1, 0.15) is 22.4 Å². The molecule has 184 valence electrons. The van der Waals surface area contributed by atoms with Crippen molar-refractivity contribution in [1.82, 2.24) is 24.9 Å². The highest BCUT2D eigenvalue weighted by molar-refractivity contribution is 7.86. The minimum absolute atomic E-state index is 0.00498. The van der Waals surface area contributed by atoms with Gasteiger partial charge in [-0.25, -0.2) is 27.5 Å². The molecule has 0 spiro atoms. The van der Waals surface area contributed by atoms with Crippen LogP contribution in [0.2, 0.25) is 0 Å². The van der Waals surface area contributed by atoms with Gasteiger partial charge in [0, 0.05) is 37.0 Å². The second-order valence-electron chi connectivity index (χ2n) is 7.77. The highest BCUT2D eigenvalue weighted by atomic mass is 32.2. The SMILES string of the molecule is CC.COc1cc2ncc(-c3nc(NC4CCCNC4)c(F)cc3F)n2nc1N1CCCS1=O. The van der Waals surface area contributed by atoms with E-state index >= 15 is 0 Å². The Kier molecular flexibility index (Phi) is 7.57. The number of hydrogen-bond acceptors (Lipinski definition) is 7. The molecule has 9 nitrogen and oxygen atoms in total. The van der Waals surface area contributed by atoms with Crippen LogP contribution in [-0.4, -0.2) is 62.3 Å². The van der Waals surface area contributed by atoms with Crippen molar-refractivity contribution in [3.63, 3.8) is 0 Å². The summed E-state index contributed by atoms with van der Waals surface area (Å²) in [5.74, 6) is -0.249. The van der Waals surface area contributed by atoms with Gasteiger partial charge in [-0.05, 0) is 25.8 Å². The quantitative estimate of drug-likeness (QED) is 0.564. The first-order valence-corrected chi connectivity index (χ1v) is 12.7. The van der Waals surface area contributed by atoms with Gasteiger partial charge in [0.15, 0.2) is 28.8 Å². The van der Waals surface area contributed by atoms with Crippen LogP contribution in [0.5, 0.6) is 5.75 Å². The van der Waals surface area contributed by atoms with Gasteiger partial charge in [-0.2, -0.15) is 0 Å². The molecule has 2 N–H and O–H groups in total. The van der Waals surface area contributed by atoms with E-state index in [9.17, 15) is 13.0 Å². The van der Waals surface area contributed by atoms with E-state index in [1.54, 1.807) is 10.4 Å². The molecule has 34 heavy (non-hydrogen) atoms. The predicted molar refractivity (Wildman–Crippen MR) is 129 cm³/mol. The Morgan fingerprint density at radius 2 is 2.06 bits per heavy atom. The predicted octanol–water partition coefficient (Wildman–Crippen LogP) is 3.14. The van der Waals surface area contributed by atoms with Crippen LogP contribution in [0.3, 0.4) is 0 Å². The molecule has 2 fully saturated rings. The van der Waals surface area contributed by atoms with Crippen molar-refractivity contribution in [2.24, 2.45) is 0 Å². The molecule has 2 aliphatic rings. The number of methoxy groups -OCH3 is 1. The normalized spacial score (nSPS) is 20.2. The number of halogens is 2. The lowest BCUT2D eigenvalue weighted by Gasteiger charge is -2.24. The van der Waals surface area contributed by atoms with Crippen LogP contribution in [0, 0.1) is 11.6 Å². The van der Waals surface area contributed by atoms with Crippen molar-refractivity contribution in [2.45, 2.75) is 39.2 Å². The van der Waals surface area contributed by atoms with Crippen LogP contribution in [0.4, 0.5) is 20.4 Å². The third-order valence-electron chi connectivity index (χ3n) is 5.63. The van der Waals surface area contributed by atoms with Crippen molar-refractivity contribution in [3.05, 3.63) is 30.0 Å². The summed E-state index contributed by atoms with van der Waals surface area (Å²) in [7, 11) is 0.280. The van der Waals surface area contributed by atoms with Gasteiger partial charge in [-0.3, -0.25) is 4.31 Å². The van der Waals surface area contributed by atoms with Gasteiger partial charge in [0.2, 0.25) is 5.82 Å². The van der Waals surface area contributed by atoms with E-state index in [4.69, 9.17) is 4.74 Å². The Hall–Kier alpha value is -2.86. The molecule has 2 unspecified atom stereocenters. The number of fused-ring (bicyclic) bond motifs is 1. The molecule has 0 aliphatic carbocycles. The molecule has 2 aliphatic heterocycles. The highest BCUT2D eigenvalue weighted by Gasteiger charge is 2.27. The fraction of sp³-hybridized carbons (Fsp3) is 0.500. The first kappa shape index (κ1) is 24.3. The minimum Gasteiger partial charge on any atom is -0.493 e. The largest absolute Gasteiger partial charge is 0.493 e. The maximum absolute atomic E-state index is 14.8. The number of aromatic nitrogens is 4. The van der Waals surface area contributed by atoms with Crippen LogP contribution >= 0.6 is 0 Å². The molecule has 2 saturated heterocycles. The molecule has 12 heteroatoms. The lowest BCUT2D eigenvalue weighted by Crippen LogP contribution is -2.38. The summed E-state index contributed by atoms with van der Waals surface area (Å²) in [6.45, 7) is 6.17. The lowest BCUT2D eigenvalue weighted by atomic mass is 10.1. The summed E-state index contributed by atoms with van der Waals surface area (Å²) in [4.78, 5) is 8.54. The fourth-order valence-corrected chi connectivity index (χ4v) is 5.28. The zero-order chi connectivity index (χ0) is 24.2. The summed E-state index contributed by atoms with van der Waals surface area (Å²) in [6, 6.07) is 2.47. The average molecular weight is 494 g/mol. The number of piperidine rings is 1. The number of ether oxygens (including phenoxy) is 1. The standard InChI is InChI=1S/C20H23F2N7O2S.C2H6/c1-31-16-9-17-24-11-15(29(17)27-20(16)28-6-3-7-32(28)30)18-13(21)8-14(22)19(26-18)25-12-4-2-5-23-10-12;1-2/h8-9,11-12,23H,2-7,10H2,1H3,(H,25,26);1-2H3. The lowest BCUT2D eigenvalue weighted by molar-refractivity contribution is 0.413. The first-order chi connectivity index (χ1) is 16.5. The number of rotatable bonds is 5. The third-order valence-corrected chi connectivity index (χ3v) is 7.12. The molecule has 5 heterocycles. The Labute approximate surface area is 199 Å². The summed E-state index contributed by atoms with van der Waals surface area (Å²) in [5, 5.41) is 10.9. The number of anilines is 2. The zero-order valence-corrected chi connectivity index (χ0v) is 20.3. The minimum atomic E-state index is -1.22. The van der Waals surface area contributed by atoms with E-state index in [0.717, 1.165) is 31.9 Å². The van der Waals surface area contributed by atoms with Crippen LogP contribution in [0.25, 0.3) is 17.0 Å². The number of hydrogen-bond donors (Lipinski definition) is 2. The fourth-order valence-electron chi connectivity index (χ4n) is 4.04. The molecule has 0 bridgehead atoms. The number of pyridine rings is 1. The molecule has 5 rings (SSSR count). The number of nitrogens with one attached hydrogen (secondary N) is 2. The molecule has 0 radical (unpaired) electrons. The smallest absolute Gasteiger partial charge is 0.203 e. The maximum Gasteiger partial charge on any atom is 0.203 e. The Bertz CT molecular complexity index is 1180. The van der Waals surface area contributed by atoms with Crippen molar-refractivity contribution < 1.29 is 17.7 Å². The van der Waals surface area contributed by atoms with Gasteiger partial charge in [-0.15, -0.1) is 5.10 Å². The molecule has 0 aromatic carbocycles. The van der Waals surface area contributed by atoms with E-state index in [0.29, 0.717) is 36.1 Å².